The minimum atomic E-state index is -4.34. The molecule has 0 amide bonds. The molecule has 0 aliphatic heterocycles. The van der Waals surface area contributed by atoms with Crippen molar-refractivity contribution in [2.24, 2.45) is 5.92 Å². The van der Waals surface area contributed by atoms with Crippen LogP contribution in [-0.2, 0) is 27.4 Å². The molecule has 0 bridgehead atoms. The summed E-state index contributed by atoms with van der Waals surface area (Å²) in [7, 11) is -8.28. The van der Waals surface area contributed by atoms with Crippen molar-refractivity contribution in [2.45, 2.75) is 79.1 Å². The van der Waals surface area contributed by atoms with E-state index in [1.54, 1.807) is 55.4 Å². The fraction of sp³-hybridized carbons (Fsp3) is 1.00. The Morgan fingerprint density at radius 1 is 0.682 bits per heavy atom. The summed E-state index contributed by atoms with van der Waals surface area (Å²) in [6.07, 6.45) is -1.50. The molecule has 0 aromatic rings. The molecule has 0 N–H and O–H groups in total. The van der Waals surface area contributed by atoms with E-state index >= 15 is 0 Å². The summed E-state index contributed by atoms with van der Waals surface area (Å²) in [5, 5.41) is -1.35. The highest BCUT2D eigenvalue weighted by atomic mass is 31.2. The van der Waals surface area contributed by atoms with E-state index in [2.05, 4.69) is 4.73 Å². The van der Waals surface area contributed by atoms with Gasteiger partial charge in [0.25, 0.3) is 0 Å². The van der Waals surface area contributed by atoms with Gasteiger partial charge in [-0.05, 0) is 52.0 Å². The van der Waals surface area contributed by atoms with Crippen LogP contribution in [0.3, 0.4) is 0 Å². The molecule has 0 aromatic heterocycles. The minimum Gasteiger partial charge on any atom is -0.305 e. The Balaban J connectivity index is 5.92. The maximum Gasteiger partial charge on any atom is 0.378 e. The van der Waals surface area contributed by atoms with E-state index in [-0.39, 0.29) is 0 Å². The van der Waals surface area contributed by atoms with Gasteiger partial charge in [0.05, 0.1) is 18.3 Å². The highest BCUT2D eigenvalue weighted by molar-refractivity contribution is 7.72. The first kappa shape index (κ1) is 22.2. The second-order valence-corrected chi connectivity index (χ2v) is 10.7. The van der Waals surface area contributed by atoms with Crippen molar-refractivity contribution in [3.8, 4) is 0 Å². The first-order valence-corrected chi connectivity index (χ1v) is 10.6. The van der Waals surface area contributed by atoms with Gasteiger partial charge in [-0.1, -0.05) is 13.8 Å². The van der Waals surface area contributed by atoms with Crippen LogP contribution in [-0.4, -0.2) is 23.7 Å². The Morgan fingerprint density at radius 2 is 1.00 bits per heavy atom. The summed E-state index contributed by atoms with van der Waals surface area (Å²) < 4.78 is 58.8. The van der Waals surface area contributed by atoms with Gasteiger partial charge in [0.15, 0.2) is 5.40 Å². The molecular weight excluding hydrogens is 333 g/mol. The second kappa shape index (κ2) is 8.91. The van der Waals surface area contributed by atoms with Gasteiger partial charge in [-0.2, -0.15) is 0 Å². The lowest BCUT2D eigenvalue weighted by atomic mass is 10.3. The van der Waals surface area contributed by atoms with E-state index in [0.29, 0.717) is 0 Å². The fourth-order valence-electron chi connectivity index (χ4n) is 2.05. The van der Waals surface area contributed by atoms with Gasteiger partial charge in [0, 0.05) is 0 Å². The zero-order chi connectivity index (χ0) is 17.7. The Bertz CT molecular complexity index is 411. The van der Waals surface area contributed by atoms with E-state index in [0.717, 1.165) is 0 Å². The molecule has 22 heavy (non-hydrogen) atoms. The van der Waals surface area contributed by atoms with E-state index in [1.165, 1.54) is 0 Å². The van der Waals surface area contributed by atoms with Crippen LogP contribution in [0.5, 0.6) is 0 Å². The lowest BCUT2D eigenvalue weighted by molar-refractivity contribution is -0.0341. The molecule has 0 aliphatic carbocycles. The monoisotopic (exact) mass is 362 g/mol. The molecule has 0 rings (SSSR count). The van der Waals surface area contributed by atoms with Gasteiger partial charge in [-0.15, -0.1) is 4.73 Å². The third-order valence-corrected chi connectivity index (χ3v) is 8.94. The fourth-order valence-corrected chi connectivity index (χ4v) is 7.80. The Morgan fingerprint density at radius 3 is 1.23 bits per heavy atom. The Labute approximate surface area is 133 Å². The van der Waals surface area contributed by atoms with Crippen LogP contribution in [0.4, 0.5) is 4.53 Å². The summed E-state index contributed by atoms with van der Waals surface area (Å²) >= 11 is 0. The molecule has 0 radical (unpaired) electrons. The van der Waals surface area contributed by atoms with E-state index < -0.39 is 44.8 Å². The van der Waals surface area contributed by atoms with Gasteiger partial charge in [0.2, 0.25) is 0 Å². The molecule has 0 saturated heterocycles. The lowest BCUT2D eigenvalue weighted by Gasteiger charge is -2.34. The van der Waals surface area contributed by atoms with Crippen molar-refractivity contribution in [3.63, 3.8) is 0 Å². The molecular formula is C13H29FO6P2. The molecule has 0 heterocycles. The molecule has 2 atom stereocenters. The van der Waals surface area contributed by atoms with Crippen molar-refractivity contribution in [1.82, 2.24) is 0 Å². The normalized spacial score (nSPS) is 17.5. The smallest absolute Gasteiger partial charge is 0.305 e. The van der Waals surface area contributed by atoms with Crippen LogP contribution in [0.1, 0.15) is 55.4 Å². The molecule has 0 saturated carbocycles. The number of rotatable bonds is 10. The van der Waals surface area contributed by atoms with Gasteiger partial charge >= 0.3 is 15.2 Å². The van der Waals surface area contributed by atoms with Crippen molar-refractivity contribution in [2.75, 3.05) is 0 Å². The average Bonchev–Trinajstić information content (AvgIpc) is 2.23. The number of hydrogen-bond acceptors (Lipinski definition) is 6. The molecule has 6 nitrogen and oxygen atoms in total. The Hall–Kier alpha value is 0.230. The SMILES string of the molecule is CC(C)OP(=O)(OF)C(C(C)C)P(=O)(OC(C)C)OC(C)C. The van der Waals surface area contributed by atoms with Crippen LogP contribution in [0.15, 0.2) is 0 Å². The largest absolute Gasteiger partial charge is 0.378 e. The zero-order valence-corrected chi connectivity index (χ0v) is 16.4. The van der Waals surface area contributed by atoms with Crippen LogP contribution in [0.25, 0.3) is 0 Å². The molecule has 2 unspecified atom stereocenters. The van der Waals surface area contributed by atoms with Gasteiger partial charge in [-0.25, -0.2) is 0 Å². The lowest BCUT2D eigenvalue weighted by Crippen LogP contribution is -2.25. The second-order valence-electron chi connectivity index (χ2n) is 6.27. The average molecular weight is 362 g/mol. The minimum absolute atomic E-state index is 0.460. The van der Waals surface area contributed by atoms with Crippen LogP contribution >= 0.6 is 15.2 Å². The van der Waals surface area contributed by atoms with E-state index in [9.17, 15) is 13.7 Å². The first-order chi connectivity index (χ1) is 9.88. The Kier molecular flexibility index (Phi) is 9.00. The molecule has 9 heteroatoms. The van der Waals surface area contributed by atoms with Crippen LogP contribution < -0.4 is 0 Å². The standard InChI is InChI=1S/C13H29FO6P2/c1-9(2)13(22(16,20-14)19-12(7)8)21(15,17-10(3)4)18-11(5)6/h9-13H,1-8H3. The summed E-state index contributed by atoms with van der Waals surface area (Å²) in [5.41, 5.74) is 0. The molecule has 0 aliphatic rings. The van der Waals surface area contributed by atoms with Gasteiger partial charge in [0.1, 0.15) is 0 Å². The maximum atomic E-state index is 13.2. The summed E-state index contributed by atoms with van der Waals surface area (Å²) in [6, 6.07) is 0. The van der Waals surface area contributed by atoms with Crippen molar-refractivity contribution in [1.29, 1.82) is 0 Å². The topological polar surface area (TPSA) is 71.1 Å². The van der Waals surface area contributed by atoms with E-state index in [1.807, 2.05) is 0 Å². The molecule has 0 aromatic carbocycles. The van der Waals surface area contributed by atoms with Gasteiger partial charge in [-0.3, -0.25) is 9.13 Å². The molecule has 134 valence electrons. The number of halogens is 1. The quantitative estimate of drug-likeness (QED) is 0.476. The van der Waals surface area contributed by atoms with Crippen molar-refractivity contribution in [3.05, 3.63) is 0 Å². The summed E-state index contributed by atoms with van der Waals surface area (Å²) in [4.78, 5) is 0. The molecule has 0 spiro atoms. The summed E-state index contributed by atoms with van der Waals surface area (Å²) in [6.45, 7) is 13.1. The zero-order valence-electron chi connectivity index (χ0n) is 14.6. The number of hydrogen-bond donors (Lipinski definition) is 0. The van der Waals surface area contributed by atoms with Crippen LogP contribution in [0.2, 0.25) is 0 Å². The first-order valence-electron chi connectivity index (χ1n) is 7.43. The van der Waals surface area contributed by atoms with Crippen LogP contribution in [0, 0.1) is 5.92 Å². The van der Waals surface area contributed by atoms with Crippen molar-refractivity contribution < 1.29 is 32.0 Å². The molecule has 0 fully saturated rings. The van der Waals surface area contributed by atoms with E-state index in [4.69, 9.17) is 13.6 Å². The maximum absolute atomic E-state index is 13.2. The van der Waals surface area contributed by atoms with Gasteiger partial charge < -0.3 is 13.6 Å². The predicted molar refractivity (Wildman–Crippen MR) is 84.7 cm³/mol. The summed E-state index contributed by atoms with van der Waals surface area (Å²) in [5.74, 6) is -0.510. The highest BCUT2D eigenvalue weighted by Crippen LogP contribution is 2.73. The predicted octanol–water partition coefficient (Wildman–Crippen LogP) is 5.53. The third-order valence-electron chi connectivity index (χ3n) is 2.41. The third kappa shape index (κ3) is 6.38. The van der Waals surface area contributed by atoms with Crippen molar-refractivity contribution >= 4 is 15.2 Å². The highest BCUT2D eigenvalue weighted by Gasteiger charge is 2.55.